The van der Waals surface area contributed by atoms with Crippen molar-refractivity contribution in [2.75, 3.05) is 52.4 Å². The van der Waals surface area contributed by atoms with E-state index in [1.807, 2.05) is 30.3 Å². The zero-order valence-corrected chi connectivity index (χ0v) is 24.3. The Kier molecular flexibility index (Phi) is 15.9. The minimum atomic E-state index is -1.18. The summed E-state index contributed by atoms with van der Waals surface area (Å²) in [6.07, 6.45) is 1.11. The van der Waals surface area contributed by atoms with Crippen molar-refractivity contribution >= 4 is 29.7 Å². The summed E-state index contributed by atoms with van der Waals surface area (Å²) in [4.78, 5) is 66.1. The van der Waals surface area contributed by atoms with E-state index in [1.54, 1.807) is 29.2 Å². The number of rotatable bonds is 22. The number of carboxylic acids is 3. The highest BCUT2D eigenvalue weighted by molar-refractivity contribution is 5.80. The van der Waals surface area contributed by atoms with Crippen LogP contribution in [0, 0.1) is 0 Å². The van der Waals surface area contributed by atoms with Gasteiger partial charge >= 0.3 is 17.9 Å². The Labute approximate surface area is 254 Å². The van der Waals surface area contributed by atoms with Crippen LogP contribution in [0.15, 0.2) is 54.6 Å². The number of amides is 2. The van der Waals surface area contributed by atoms with E-state index >= 15 is 0 Å². The third kappa shape index (κ3) is 15.6. The van der Waals surface area contributed by atoms with E-state index in [1.165, 1.54) is 4.90 Å². The number of nitrogens with one attached hydrogen (secondary N) is 3. The molecule has 0 aliphatic carbocycles. The quantitative estimate of drug-likeness (QED) is 0.0631. The van der Waals surface area contributed by atoms with E-state index in [4.69, 9.17) is 25.9 Å². The van der Waals surface area contributed by atoms with Gasteiger partial charge in [0.15, 0.2) is 5.75 Å². The first kappa shape index (κ1) is 35.6. The fourth-order valence-corrected chi connectivity index (χ4v) is 4.00. The number of hydrogen-bond acceptors (Lipinski definition) is 10. The molecule has 0 aromatic heterocycles. The topological polar surface area (TPSA) is 224 Å². The second-order valence-corrected chi connectivity index (χ2v) is 9.96. The normalized spacial score (nSPS) is 11.6. The van der Waals surface area contributed by atoms with Gasteiger partial charge in [0.25, 0.3) is 5.91 Å². The number of carbonyl (C=O) groups is 5. The molecule has 8 N–H and O–H groups in total. The summed E-state index contributed by atoms with van der Waals surface area (Å²) < 4.78 is 0. The van der Waals surface area contributed by atoms with E-state index in [0.29, 0.717) is 18.6 Å². The van der Waals surface area contributed by atoms with Gasteiger partial charge in [-0.3, -0.25) is 33.8 Å². The lowest BCUT2D eigenvalue weighted by molar-refractivity contribution is -0.142. The molecule has 15 heteroatoms. The first-order valence-electron chi connectivity index (χ1n) is 13.9. The Morgan fingerprint density at radius 1 is 0.773 bits per heavy atom. The fraction of sp³-hybridized carbons (Fsp3) is 0.414. The number of carbonyl (C=O) groups excluding carboxylic acids is 2. The molecule has 0 aliphatic heterocycles. The van der Waals surface area contributed by atoms with Crippen LogP contribution in [0.5, 0.6) is 5.75 Å². The maximum absolute atomic E-state index is 12.7. The maximum Gasteiger partial charge on any atom is 0.317 e. The number of aryl methyl sites for hydroxylation is 1. The molecular formula is C29H40N6O9. The summed E-state index contributed by atoms with van der Waals surface area (Å²) in [7, 11) is 0. The lowest BCUT2D eigenvalue weighted by Crippen LogP contribution is -2.45. The summed E-state index contributed by atoms with van der Waals surface area (Å²) in [5.41, 5.74) is 10.1. The van der Waals surface area contributed by atoms with Gasteiger partial charge in [0.05, 0.1) is 32.2 Å². The molecule has 0 aliphatic rings. The molecule has 0 unspecified atom stereocenters. The molecule has 44 heavy (non-hydrogen) atoms. The summed E-state index contributed by atoms with van der Waals surface area (Å²) >= 11 is 0. The van der Waals surface area contributed by atoms with Crippen LogP contribution in [0.1, 0.15) is 17.5 Å². The minimum absolute atomic E-state index is 0.0702. The van der Waals surface area contributed by atoms with Crippen molar-refractivity contribution < 1.29 is 44.1 Å². The zero-order valence-electron chi connectivity index (χ0n) is 24.3. The van der Waals surface area contributed by atoms with Gasteiger partial charge in [-0.1, -0.05) is 42.5 Å². The Balaban J connectivity index is 1.81. The molecule has 0 spiro atoms. The molecule has 2 rings (SSSR count). The van der Waals surface area contributed by atoms with Gasteiger partial charge in [-0.05, 0) is 36.1 Å². The molecule has 1 atom stereocenters. The van der Waals surface area contributed by atoms with Crippen molar-refractivity contribution in [1.29, 1.82) is 0 Å². The van der Waals surface area contributed by atoms with Crippen molar-refractivity contribution in [3.05, 3.63) is 65.7 Å². The first-order valence-corrected chi connectivity index (χ1v) is 13.9. The number of carboxylic acid groups (broad SMARTS) is 3. The van der Waals surface area contributed by atoms with Crippen LogP contribution in [0.4, 0.5) is 0 Å². The van der Waals surface area contributed by atoms with Crippen LogP contribution in [0.3, 0.4) is 0 Å². The fourth-order valence-electron chi connectivity index (χ4n) is 4.00. The highest BCUT2D eigenvalue weighted by Crippen LogP contribution is 2.11. The highest BCUT2D eigenvalue weighted by atomic mass is 16.7. The van der Waals surface area contributed by atoms with Crippen LogP contribution in [-0.2, 0) is 36.9 Å². The lowest BCUT2D eigenvalue weighted by atomic mass is 10.1. The molecule has 0 radical (unpaired) electrons. The molecular weight excluding hydrogens is 576 g/mol. The van der Waals surface area contributed by atoms with E-state index in [9.17, 15) is 24.0 Å². The Morgan fingerprint density at radius 2 is 1.41 bits per heavy atom. The smallest absolute Gasteiger partial charge is 0.317 e. The monoisotopic (exact) mass is 616 g/mol. The first-order chi connectivity index (χ1) is 21.0. The molecule has 2 amide bonds. The minimum Gasteiger partial charge on any atom is -0.480 e. The number of nitrogens with zero attached hydrogens (tertiary/aromatic N) is 2. The molecule has 0 saturated heterocycles. The van der Waals surface area contributed by atoms with Gasteiger partial charge in [-0.25, -0.2) is 0 Å². The van der Waals surface area contributed by atoms with Crippen molar-refractivity contribution in [3.63, 3.8) is 0 Å². The van der Waals surface area contributed by atoms with Crippen molar-refractivity contribution in [2.45, 2.75) is 25.4 Å². The van der Waals surface area contributed by atoms with E-state index in [2.05, 4.69) is 16.1 Å². The highest BCUT2D eigenvalue weighted by Gasteiger charge is 2.17. The number of aliphatic carboxylic acids is 3. The van der Waals surface area contributed by atoms with Crippen molar-refractivity contribution in [2.24, 2.45) is 5.73 Å². The number of nitrogens with two attached hydrogens (primary N) is 1. The van der Waals surface area contributed by atoms with Crippen LogP contribution < -0.4 is 26.7 Å². The SMILES string of the molecule is N[C@H](CCc1ccccc1)C(=O)NOc1ccc(CNC(=O)CN(CCNCC(=O)O)CCN(CC(=O)O)CC(=O)O)cc1. The predicted octanol–water partition coefficient (Wildman–Crippen LogP) is -0.880. The summed E-state index contributed by atoms with van der Waals surface area (Å²) in [6.45, 7) is -0.366. The van der Waals surface area contributed by atoms with Gasteiger partial charge in [0, 0.05) is 32.7 Å². The van der Waals surface area contributed by atoms with Gasteiger partial charge in [-0.15, -0.1) is 0 Å². The molecule has 0 saturated carbocycles. The second kappa shape index (κ2) is 19.6. The second-order valence-electron chi connectivity index (χ2n) is 9.96. The predicted molar refractivity (Wildman–Crippen MR) is 158 cm³/mol. The Morgan fingerprint density at radius 3 is 2.02 bits per heavy atom. The zero-order chi connectivity index (χ0) is 32.3. The third-order valence-electron chi connectivity index (χ3n) is 6.30. The summed E-state index contributed by atoms with van der Waals surface area (Å²) in [6, 6.07) is 15.6. The van der Waals surface area contributed by atoms with E-state index in [-0.39, 0.29) is 51.7 Å². The van der Waals surface area contributed by atoms with Gasteiger partial charge in [0.1, 0.15) is 0 Å². The molecule has 0 bridgehead atoms. The standard InChI is InChI=1S/C29H40N6O9/c30-24(11-8-21-4-2-1-3-5-21)29(43)33-44-23-9-6-22(7-10-23)16-32-25(36)18-34(13-12-31-17-26(37)38)14-15-35(19-27(39)40)20-28(41)42/h1-7,9-10,24,31H,8,11-20,30H2,(H,32,36)(H,33,43)(H,37,38)(H,39,40)(H,41,42)/t24-/m1/s1. The van der Waals surface area contributed by atoms with Gasteiger partial charge in [-0.2, -0.15) is 5.48 Å². The van der Waals surface area contributed by atoms with Crippen LogP contribution >= 0.6 is 0 Å². The van der Waals surface area contributed by atoms with Crippen LogP contribution in [0.2, 0.25) is 0 Å². The third-order valence-corrected chi connectivity index (χ3v) is 6.30. The average Bonchev–Trinajstić information content (AvgIpc) is 2.98. The van der Waals surface area contributed by atoms with Crippen LogP contribution in [0.25, 0.3) is 0 Å². The Hall–Kier alpha value is -4.57. The molecule has 2 aromatic rings. The number of hydroxylamine groups is 1. The van der Waals surface area contributed by atoms with Crippen molar-refractivity contribution in [1.82, 2.24) is 25.9 Å². The van der Waals surface area contributed by atoms with Crippen molar-refractivity contribution in [3.8, 4) is 5.75 Å². The lowest BCUT2D eigenvalue weighted by Gasteiger charge is -2.25. The Bertz CT molecular complexity index is 1200. The number of benzene rings is 2. The van der Waals surface area contributed by atoms with Crippen LogP contribution in [-0.4, -0.2) is 113 Å². The molecule has 15 nitrogen and oxygen atoms in total. The summed E-state index contributed by atoms with van der Waals surface area (Å²) in [5, 5.41) is 32.4. The largest absolute Gasteiger partial charge is 0.480 e. The van der Waals surface area contributed by atoms with Gasteiger partial charge < -0.3 is 36.5 Å². The molecule has 240 valence electrons. The van der Waals surface area contributed by atoms with E-state index in [0.717, 1.165) is 11.1 Å². The molecule has 0 heterocycles. The number of hydrogen-bond donors (Lipinski definition) is 7. The summed E-state index contributed by atoms with van der Waals surface area (Å²) in [5.74, 6) is -3.82. The maximum atomic E-state index is 12.7. The van der Waals surface area contributed by atoms with E-state index < -0.39 is 42.9 Å². The molecule has 2 aromatic carbocycles. The average molecular weight is 617 g/mol. The van der Waals surface area contributed by atoms with Gasteiger partial charge in [0.2, 0.25) is 5.91 Å². The molecule has 0 fully saturated rings.